The highest BCUT2D eigenvalue weighted by Crippen LogP contribution is 2.31. The maximum atomic E-state index is 12.0. The highest BCUT2D eigenvalue weighted by atomic mass is 16.2. The number of amides is 1. The summed E-state index contributed by atoms with van der Waals surface area (Å²) in [5.74, 6) is 0.900. The van der Waals surface area contributed by atoms with E-state index in [1.165, 1.54) is 0 Å². The fourth-order valence-electron chi connectivity index (χ4n) is 1.73. The summed E-state index contributed by atoms with van der Waals surface area (Å²) in [5.41, 5.74) is 6.21. The molecule has 1 aliphatic carbocycles. The van der Waals surface area contributed by atoms with Crippen LogP contribution in [0, 0.1) is 0 Å². The number of rotatable bonds is 4. The quantitative estimate of drug-likeness (QED) is 0.842. The third-order valence-electron chi connectivity index (χ3n) is 2.66. The van der Waals surface area contributed by atoms with Crippen LogP contribution in [0.3, 0.4) is 0 Å². The lowest BCUT2D eigenvalue weighted by Crippen LogP contribution is -2.33. The fraction of sp³-hybridized carbons (Fsp3) is 0.500. The molecule has 16 heavy (non-hydrogen) atoms. The highest BCUT2D eigenvalue weighted by Gasteiger charge is 2.33. The fourth-order valence-corrected chi connectivity index (χ4v) is 1.73. The van der Waals surface area contributed by atoms with Crippen molar-refractivity contribution in [2.24, 2.45) is 0 Å². The average Bonchev–Trinajstić information content (AvgIpc) is 3.06. The van der Waals surface area contributed by atoms with E-state index in [9.17, 15) is 4.79 Å². The van der Waals surface area contributed by atoms with Crippen molar-refractivity contribution >= 4 is 17.4 Å². The van der Waals surface area contributed by atoms with E-state index >= 15 is 0 Å². The molecule has 1 fully saturated rings. The Balaban J connectivity index is 2.18. The number of carbonyl (C=O) groups is 1. The first-order valence-electron chi connectivity index (χ1n) is 5.76. The smallest absolute Gasteiger partial charge is 0.228 e. The van der Waals surface area contributed by atoms with Gasteiger partial charge >= 0.3 is 0 Å². The minimum Gasteiger partial charge on any atom is -0.397 e. The van der Waals surface area contributed by atoms with Gasteiger partial charge in [0.05, 0.1) is 11.9 Å². The molecule has 4 nitrogen and oxygen atoms in total. The average molecular weight is 219 g/mol. The molecule has 4 heteroatoms. The van der Waals surface area contributed by atoms with Gasteiger partial charge in [0.1, 0.15) is 5.82 Å². The first-order valence-corrected chi connectivity index (χ1v) is 5.76. The monoisotopic (exact) mass is 219 g/mol. The van der Waals surface area contributed by atoms with Crippen molar-refractivity contribution in [1.82, 2.24) is 4.98 Å². The van der Waals surface area contributed by atoms with Crippen molar-refractivity contribution in [2.75, 3.05) is 10.6 Å². The number of hydrogen-bond acceptors (Lipinski definition) is 3. The van der Waals surface area contributed by atoms with E-state index in [2.05, 4.69) is 4.98 Å². The Labute approximate surface area is 95.5 Å². The van der Waals surface area contributed by atoms with Crippen molar-refractivity contribution in [3.05, 3.63) is 18.3 Å². The van der Waals surface area contributed by atoms with Crippen molar-refractivity contribution in [2.45, 2.75) is 38.6 Å². The Morgan fingerprint density at radius 1 is 1.56 bits per heavy atom. The molecule has 2 N–H and O–H groups in total. The number of carbonyl (C=O) groups excluding carboxylic acids is 1. The van der Waals surface area contributed by atoms with Gasteiger partial charge in [-0.05, 0) is 31.4 Å². The summed E-state index contributed by atoms with van der Waals surface area (Å²) >= 11 is 0. The van der Waals surface area contributed by atoms with E-state index < -0.39 is 0 Å². The summed E-state index contributed by atoms with van der Waals surface area (Å²) in [7, 11) is 0. The first-order chi connectivity index (χ1) is 7.72. The molecule has 1 amide bonds. The SMILES string of the molecule is CCCC(=O)N(c1ccc(N)cn1)C1CC1. The van der Waals surface area contributed by atoms with E-state index in [4.69, 9.17) is 5.73 Å². The third kappa shape index (κ3) is 2.32. The molecule has 1 saturated carbocycles. The Morgan fingerprint density at radius 3 is 2.81 bits per heavy atom. The maximum absolute atomic E-state index is 12.0. The molecule has 0 atom stereocenters. The van der Waals surface area contributed by atoms with Gasteiger partial charge in [-0.3, -0.25) is 9.69 Å². The van der Waals surface area contributed by atoms with Crippen LogP contribution < -0.4 is 10.6 Å². The summed E-state index contributed by atoms with van der Waals surface area (Å²) in [6.45, 7) is 2.01. The third-order valence-corrected chi connectivity index (χ3v) is 2.66. The highest BCUT2D eigenvalue weighted by molar-refractivity contribution is 5.93. The molecular formula is C12H17N3O. The van der Waals surface area contributed by atoms with Crippen LogP contribution in [0.1, 0.15) is 32.6 Å². The largest absolute Gasteiger partial charge is 0.397 e. The number of hydrogen-bond donors (Lipinski definition) is 1. The molecule has 0 aromatic carbocycles. The van der Waals surface area contributed by atoms with Crippen LogP contribution >= 0.6 is 0 Å². The van der Waals surface area contributed by atoms with Gasteiger partial charge in [0.2, 0.25) is 5.91 Å². The molecule has 1 aromatic rings. The zero-order valence-electron chi connectivity index (χ0n) is 9.52. The van der Waals surface area contributed by atoms with Gasteiger partial charge in [-0.25, -0.2) is 4.98 Å². The van der Waals surface area contributed by atoms with Gasteiger partial charge in [0, 0.05) is 12.5 Å². The number of aromatic nitrogens is 1. The summed E-state index contributed by atoms with van der Waals surface area (Å²) in [6.07, 6.45) is 5.23. The van der Waals surface area contributed by atoms with Crippen molar-refractivity contribution in [1.29, 1.82) is 0 Å². The second-order valence-corrected chi connectivity index (χ2v) is 4.19. The molecule has 0 saturated heterocycles. The van der Waals surface area contributed by atoms with Crippen LogP contribution in [-0.4, -0.2) is 16.9 Å². The van der Waals surface area contributed by atoms with E-state index in [1.54, 1.807) is 12.3 Å². The van der Waals surface area contributed by atoms with Crippen LogP contribution in [0.25, 0.3) is 0 Å². The van der Waals surface area contributed by atoms with Crippen LogP contribution in [0.4, 0.5) is 11.5 Å². The van der Waals surface area contributed by atoms with Crippen LogP contribution in [0.5, 0.6) is 0 Å². The molecule has 1 aliphatic rings. The minimum absolute atomic E-state index is 0.169. The number of nitrogens with two attached hydrogens (primary N) is 1. The molecule has 86 valence electrons. The molecular weight excluding hydrogens is 202 g/mol. The Hall–Kier alpha value is -1.58. The summed E-state index contributed by atoms with van der Waals surface area (Å²) in [6, 6.07) is 3.97. The van der Waals surface area contributed by atoms with Gasteiger partial charge in [0.25, 0.3) is 0 Å². The van der Waals surface area contributed by atoms with E-state index in [0.717, 1.165) is 25.1 Å². The maximum Gasteiger partial charge on any atom is 0.228 e. The Morgan fingerprint density at radius 2 is 2.31 bits per heavy atom. The van der Waals surface area contributed by atoms with Gasteiger partial charge in [0.15, 0.2) is 0 Å². The topological polar surface area (TPSA) is 59.2 Å². The van der Waals surface area contributed by atoms with E-state index in [0.29, 0.717) is 18.2 Å². The number of pyridine rings is 1. The van der Waals surface area contributed by atoms with Crippen LogP contribution in [-0.2, 0) is 4.79 Å². The molecule has 1 heterocycles. The minimum atomic E-state index is 0.169. The molecule has 1 aromatic heterocycles. The molecule has 2 rings (SSSR count). The normalized spacial score (nSPS) is 14.8. The Kier molecular flexibility index (Phi) is 3.08. The van der Waals surface area contributed by atoms with Gasteiger partial charge in [-0.1, -0.05) is 6.92 Å². The molecule has 0 aliphatic heterocycles. The number of anilines is 2. The first kappa shape index (κ1) is 10.9. The predicted octanol–water partition coefficient (Wildman–Crippen LogP) is 1.96. The predicted molar refractivity (Wildman–Crippen MR) is 64.1 cm³/mol. The van der Waals surface area contributed by atoms with Crippen LogP contribution in [0.15, 0.2) is 18.3 Å². The van der Waals surface area contributed by atoms with Gasteiger partial charge in [-0.15, -0.1) is 0 Å². The number of nitrogen functional groups attached to an aromatic ring is 1. The molecule has 0 bridgehead atoms. The summed E-state index contributed by atoms with van der Waals surface area (Å²) in [4.78, 5) is 18.0. The lowest BCUT2D eigenvalue weighted by atomic mass is 10.3. The van der Waals surface area contributed by atoms with Crippen molar-refractivity contribution < 1.29 is 4.79 Å². The second-order valence-electron chi connectivity index (χ2n) is 4.19. The lowest BCUT2D eigenvalue weighted by molar-refractivity contribution is -0.118. The van der Waals surface area contributed by atoms with Crippen molar-refractivity contribution in [3.8, 4) is 0 Å². The van der Waals surface area contributed by atoms with E-state index in [-0.39, 0.29) is 5.91 Å². The zero-order valence-corrected chi connectivity index (χ0v) is 9.52. The van der Waals surface area contributed by atoms with E-state index in [1.807, 2.05) is 17.9 Å². The molecule has 0 spiro atoms. The summed E-state index contributed by atoms with van der Waals surface area (Å²) in [5, 5.41) is 0. The standard InChI is InChI=1S/C12H17N3O/c1-2-3-12(16)15(10-5-6-10)11-7-4-9(13)8-14-11/h4,7-8,10H,2-3,5-6,13H2,1H3. The van der Waals surface area contributed by atoms with Crippen molar-refractivity contribution in [3.63, 3.8) is 0 Å². The molecule has 0 unspecified atom stereocenters. The zero-order chi connectivity index (χ0) is 11.5. The number of nitrogens with zero attached hydrogens (tertiary/aromatic N) is 2. The molecule has 0 radical (unpaired) electrons. The van der Waals surface area contributed by atoms with Gasteiger partial charge < -0.3 is 5.73 Å². The van der Waals surface area contributed by atoms with Gasteiger partial charge in [-0.2, -0.15) is 0 Å². The van der Waals surface area contributed by atoms with Crippen LogP contribution in [0.2, 0.25) is 0 Å². The second kappa shape index (κ2) is 4.51. The lowest BCUT2D eigenvalue weighted by Gasteiger charge is -2.21. The Bertz CT molecular complexity index is 370. The summed E-state index contributed by atoms with van der Waals surface area (Å²) < 4.78 is 0.